The van der Waals surface area contributed by atoms with Crippen LogP contribution in [0.15, 0.2) is 60.7 Å². The van der Waals surface area contributed by atoms with Crippen LogP contribution in [-0.2, 0) is 26.4 Å². The summed E-state index contributed by atoms with van der Waals surface area (Å²) in [5, 5.41) is 0. The number of hydrogen-bond donors (Lipinski definition) is 1. The second-order valence-electron chi connectivity index (χ2n) is 8.35. The lowest BCUT2D eigenvalue weighted by Gasteiger charge is -2.36. The maximum absolute atomic E-state index is 12.7. The van der Waals surface area contributed by atoms with Crippen molar-refractivity contribution in [2.24, 2.45) is 0 Å². The van der Waals surface area contributed by atoms with Crippen molar-refractivity contribution < 1.29 is 14.4 Å². The second kappa shape index (κ2) is 9.02. The molecule has 0 aliphatic carbocycles. The molecule has 0 radical (unpaired) electrons. The summed E-state index contributed by atoms with van der Waals surface area (Å²) >= 11 is 0. The standard InChI is InChI=1S/C23H30N2O3/c1-22(2,3)25(16-18-12-8-6-9-13-18)20(26)17-28-24-21(27)23(4,5)19-14-10-7-11-15-19/h6-15H,16-17H2,1-5H3,(H,24,27). The van der Waals surface area contributed by atoms with Crippen LogP contribution in [0.3, 0.4) is 0 Å². The zero-order valence-electron chi connectivity index (χ0n) is 17.4. The van der Waals surface area contributed by atoms with Crippen molar-refractivity contribution in [1.29, 1.82) is 0 Å². The number of rotatable bonds is 7. The minimum absolute atomic E-state index is 0.186. The lowest BCUT2D eigenvalue weighted by molar-refractivity contribution is -0.150. The van der Waals surface area contributed by atoms with Gasteiger partial charge in [-0.3, -0.25) is 14.4 Å². The summed E-state index contributed by atoms with van der Waals surface area (Å²) < 4.78 is 0. The molecule has 2 aromatic rings. The van der Waals surface area contributed by atoms with E-state index in [1.54, 1.807) is 4.90 Å². The van der Waals surface area contributed by atoms with Gasteiger partial charge in [-0.2, -0.15) is 0 Å². The van der Waals surface area contributed by atoms with Gasteiger partial charge in [0.1, 0.15) is 0 Å². The molecule has 0 saturated carbocycles. The van der Waals surface area contributed by atoms with Gasteiger partial charge in [0.2, 0.25) is 0 Å². The minimum atomic E-state index is -0.766. The minimum Gasteiger partial charge on any atom is -0.331 e. The van der Waals surface area contributed by atoms with Gasteiger partial charge in [0.05, 0.1) is 5.41 Å². The van der Waals surface area contributed by atoms with Crippen molar-refractivity contribution >= 4 is 11.8 Å². The van der Waals surface area contributed by atoms with E-state index in [4.69, 9.17) is 4.84 Å². The molecule has 0 heterocycles. The molecule has 0 spiro atoms. The molecule has 150 valence electrons. The van der Waals surface area contributed by atoms with Gasteiger partial charge >= 0.3 is 0 Å². The highest BCUT2D eigenvalue weighted by Crippen LogP contribution is 2.23. The SMILES string of the molecule is CC(C)(C(=O)NOCC(=O)N(Cc1ccccc1)C(C)(C)C)c1ccccc1. The molecule has 0 saturated heterocycles. The van der Waals surface area contributed by atoms with Crippen molar-refractivity contribution in [1.82, 2.24) is 10.4 Å². The summed E-state index contributed by atoms with van der Waals surface area (Å²) in [5.41, 5.74) is 3.22. The molecule has 5 heteroatoms. The summed E-state index contributed by atoms with van der Waals surface area (Å²) in [7, 11) is 0. The van der Waals surface area contributed by atoms with Crippen LogP contribution in [0, 0.1) is 0 Å². The zero-order chi connectivity index (χ0) is 20.8. The predicted octanol–water partition coefficient (Wildman–Crippen LogP) is 3.84. The molecule has 2 amide bonds. The van der Waals surface area contributed by atoms with Crippen LogP contribution < -0.4 is 5.48 Å². The van der Waals surface area contributed by atoms with Crippen molar-refractivity contribution in [2.45, 2.75) is 52.1 Å². The number of nitrogens with one attached hydrogen (secondary N) is 1. The molecule has 0 atom stereocenters. The van der Waals surface area contributed by atoms with E-state index in [1.807, 2.05) is 95.3 Å². The van der Waals surface area contributed by atoms with E-state index in [9.17, 15) is 9.59 Å². The number of hydroxylamine groups is 1. The van der Waals surface area contributed by atoms with E-state index >= 15 is 0 Å². The number of hydrogen-bond acceptors (Lipinski definition) is 3. The fourth-order valence-corrected chi connectivity index (χ4v) is 2.82. The van der Waals surface area contributed by atoms with E-state index in [1.165, 1.54) is 0 Å². The fourth-order valence-electron chi connectivity index (χ4n) is 2.82. The maximum Gasteiger partial charge on any atom is 0.253 e. The van der Waals surface area contributed by atoms with E-state index in [-0.39, 0.29) is 24.0 Å². The Morgan fingerprint density at radius 1 is 0.893 bits per heavy atom. The van der Waals surface area contributed by atoms with Crippen LogP contribution in [0.4, 0.5) is 0 Å². The highest BCUT2D eigenvalue weighted by Gasteiger charge is 2.31. The molecule has 0 aromatic heterocycles. The summed E-state index contributed by atoms with van der Waals surface area (Å²) in [6.07, 6.45) is 0. The molecule has 0 aliphatic heterocycles. The molecule has 0 aliphatic rings. The third kappa shape index (κ3) is 5.67. The third-order valence-electron chi connectivity index (χ3n) is 4.72. The summed E-state index contributed by atoms with van der Waals surface area (Å²) in [4.78, 5) is 32.3. The van der Waals surface area contributed by atoms with E-state index in [0.717, 1.165) is 11.1 Å². The zero-order valence-corrected chi connectivity index (χ0v) is 17.4. The summed E-state index contributed by atoms with van der Waals surface area (Å²) in [5.74, 6) is -0.481. The first kappa shape index (κ1) is 21.6. The van der Waals surface area contributed by atoms with Crippen molar-refractivity contribution in [3.05, 3.63) is 71.8 Å². The van der Waals surface area contributed by atoms with Crippen LogP contribution in [-0.4, -0.2) is 28.9 Å². The molecule has 2 rings (SSSR count). The summed E-state index contributed by atoms with van der Waals surface area (Å²) in [6.45, 7) is 9.83. The maximum atomic E-state index is 12.7. The van der Waals surface area contributed by atoms with E-state index in [0.29, 0.717) is 6.54 Å². The first-order valence-electron chi connectivity index (χ1n) is 9.44. The highest BCUT2D eigenvalue weighted by molar-refractivity contribution is 5.86. The number of carbonyl (C=O) groups is 2. The van der Waals surface area contributed by atoms with Crippen molar-refractivity contribution in [3.8, 4) is 0 Å². The van der Waals surface area contributed by atoms with Gasteiger partial charge in [0.25, 0.3) is 11.8 Å². The molecule has 0 fully saturated rings. The molecule has 28 heavy (non-hydrogen) atoms. The predicted molar refractivity (Wildman–Crippen MR) is 110 cm³/mol. The number of benzene rings is 2. The highest BCUT2D eigenvalue weighted by atomic mass is 16.7. The molecule has 1 N–H and O–H groups in total. The Labute approximate surface area is 167 Å². The Bertz CT molecular complexity index is 780. The lowest BCUT2D eigenvalue weighted by Crippen LogP contribution is -2.48. The molecular formula is C23H30N2O3. The Morgan fingerprint density at radius 2 is 1.43 bits per heavy atom. The average molecular weight is 383 g/mol. The van der Waals surface area contributed by atoms with Gasteiger partial charge < -0.3 is 4.90 Å². The van der Waals surface area contributed by atoms with E-state index < -0.39 is 5.41 Å². The fraction of sp³-hybridized carbons (Fsp3) is 0.391. The first-order valence-corrected chi connectivity index (χ1v) is 9.44. The van der Waals surface area contributed by atoms with Gasteiger partial charge in [-0.05, 0) is 45.7 Å². The van der Waals surface area contributed by atoms with Gasteiger partial charge in [0, 0.05) is 12.1 Å². The summed E-state index contributed by atoms with van der Waals surface area (Å²) in [6, 6.07) is 19.3. The smallest absolute Gasteiger partial charge is 0.253 e. The number of carbonyl (C=O) groups excluding carboxylic acids is 2. The number of amides is 2. The quantitative estimate of drug-likeness (QED) is 0.740. The van der Waals surface area contributed by atoms with Gasteiger partial charge in [0.15, 0.2) is 6.61 Å². The average Bonchev–Trinajstić information content (AvgIpc) is 2.66. The Balaban J connectivity index is 1.96. The van der Waals surface area contributed by atoms with Crippen molar-refractivity contribution in [3.63, 3.8) is 0 Å². The Morgan fingerprint density at radius 3 is 1.96 bits per heavy atom. The third-order valence-corrected chi connectivity index (χ3v) is 4.72. The molecule has 5 nitrogen and oxygen atoms in total. The molecule has 0 unspecified atom stereocenters. The molecule has 2 aromatic carbocycles. The van der Waals surface area contributed by atoms with Crippen molar-refractivity contribution in [2.75, 3.05) is 6.61 Å². The van der Waals surface area contributed by atoms with Crippen LogP contribution >= 0.6 is 0 Å². The Hall–Kier alpha value is -2.66. The van der Waals surface area contributed by atoms with Gasteiger partial charge in [-0.15, -0.1) is 0 Å². The normalized spacial score (nSPS) is 11.8. The first-order chi connectivity index (χ1) is 13.1. The van der Waals surface area contributed by atoms with Crippen LogP contribution in [0.2, 0.25) is 0 Å². The molecular weight excluding hydrogens is 352 g/mol. The largest absolute Gasteiger partial charge is 0.331 e. The van der Waals surface area contributed by atoms with Crippen LogP contribution in [0.25, 0.3) is 0 Å². The van der Waals surface area contributed by atoms with E-state index in [2.05, 4.69) is 5.48 Å². The van der Waals surface area contributed by atoms with Crippen LogP contribution in [0.1, 0.15) is 45.7 Å². The van der Waals surface area contributed by atoms with Gasteiger partial charge in [-0.25, -0.2) is 5.48 Å². The van der Waals surface area contributed by atoms with Gasteiger partial charge in [-0.1, -0.05) is 60.7 Å². The topological polar surface area (TPSA) is 58.6 Å². The molecule has 0 bridgehead atoms. The monoisotopic (exact) mass is 382 g/mol. The van der Waals surface area contributed by atoms with Crippen LogP contribution in [0.5, 0.6) is 0 Å². The number of nitrogens with zero attached hydrogens (tertiary/aromatic N) is 1. The lowest BCUT2D eigenvalue weighted by atomic mass is 9.84. The second-order valence-corrected chi connectivity index (χ2v) is 8.35. The Kier molecular flexibility index (Phi) is 6.97.